The first-order valence-electron chi connectivity index (χ1n) is 9.12. The molecule has 5 nitrogen and oxygen atoms in total. The fourth-order valence-electron chi connectivity index (χ4n) is 2.78. The monoisotopic (exact) mass is 383 g/mol. The summed E-state index contributed by atoms with van der Waals surface area (Å²) in [7, 11) is 0. The summed E-state index contributed by atoms with van der Waals surface area (Å²) in [6.07, 6.45) is 3.37. The Balaban J connectivity index is 1.67. The van der Waals surface area contributed by atoms with Gasteiger partial charge in [0, 0.05) is 25.5 Å². The maximum absolute atomic E-state index is 14.5. The van der Waals surface area contributed by atoms with Gasteiger partial charge in [0.1, 0.15) is 17.5 Å². The lowest BCUT2D eigenvalue weighted by molar-refractivity contribution is 0.614. The second kappa shape index (κ2) is 9.12. The predicted octanol–water partition coefficient (Wildman–Crippen LogP) is 3.71. The molecule has 2 N–H and O–H groups in total. The maximum atomic E-state index is 14.5. The van der Waals surface area contributed by atoms with Crippen LogP contribution >= 0.6 is 0 Å². The Hall–Kier alpha value is -3.22. The molecule has 28 heavy (non-hydrogen) atoms. The number of aryl methyl sites for hydroxylation is 1. The lowest BCUT2D eigenvalue weighted by Crippen LogP contribution is -2.36. The van der Waals surface area contributed by atoms with Gasteiger partial charge >= 0.3 is 0 Å². The normalized spacial score (nSPS) is 11.5. The number of nitrogens with zero attached hydrogens (tertiary/aromatic N) is 3. The van der Waals surface area contributed by atoms with E-state index in [1.807, 2.05) is 19.9 Å². The van der Waals surface area contributed by atoms with E-state index in [1.165, 1.54) is 18.2 Å². The third-order valence-electron chi connectivity index (χ3n) is 4.23. The number of halogens is 2. The molecular weight excluding hydrogens is 360 g/mol. The van der Waals surface area contributed by atoms with E-state index in [0.29, 0.717) is 31.3 Å². The van der Waals surface area contributed by atoms with Crippen molar-refractivity contribution in [3.05, 3.63) is 83.4 Å². The van der Waals surface area contributed by atoms with Crippen LogP contribution in [0.25, 0.3) is 5.69 Å². The lowest BCUT2D eigenvalue weighted by atomic mass is 10.2. The van der Waals surface area contributed by atoms with Gasteiger partial charge in [0.2, 0.25) is 0 Å². The topological polar surface area (TPSA) is 54.2 Å². The summed E-state index contributed by atoms with van der Waals surface area (Å²) < 4.78 is 29.2. The largest absolute Gasteiger partial charge is 0.357 e. The lowest BCUT2D eigenvalue weighted by Gasteiger charge is -2.12. The van der Waals surface area contributed by atoms with Crippen LogP contribution in [0.5, 0.6) is 0 Å². The van der Waals surface area contributed by atoms with Gasteiger partial charge < -0.3 is 15.2 Å². The second-order valence-electron chi connectivity index (χ2n) is 6.31. The molecule has 0 aliphatic carbocycles. The number of imidazole rings is 1. The number of aliphatic imine (C=N–C) groups is 1. The molecule has 0 amide bonds. The van der Waals surface area contributed by atoms with Crippen molar-refractivity contribution in [2.45, 2.75) is 26.9 Å². The van der Waals surface area contributed by atoms with Gasteiger partial charge in [0.15, 0.2) is 5.96 Å². The molecular formula is C21H23F2N5. The molecule has 0 aliphatic rings. The number of benzene rings is 2. The van der Waals surface area contributed by atoms with E-state index >= 15 is 0 Å². The number of aromatic nitrogens is 2. The first kappa shape index (κ1) is 19.5. The van der Waals surface area contributed by atoms with Gasteiger partial charge in [-0.2, -0.15) is 0 Å². The third kappa shape index (κ3) is 4.94. The summed E-state index contributed by atoms with van der Waals surface area (Å²) in [5.74, 6) is 0.754. The average molecular weight is 383 g/mol. The van der Waals surface area contributed by atoms with Gasteiger partial charge in [-0.3, -0.25) is 0 Å². The first-order chi connectivity index (χ1) is 13.6. The highest BCUT2D eigenvalue weighted by Gasteiger charge is 2.08. The van der Waals surface area contributed by atoms with Crippen molar-refractivity contribution in [2.75, 3.05) is 6.54 Å². The van der Waals surface area contributed by atoms with Crippen LogP contribution in [-0.2, 0) is 13.1 Å². The van der Waals surface area contributed by atoms with Gasteiger partial charge in [0.05, 0.1) is 12.2 Å². The zero-order valence-electron chi connectivity index (χ0n) is 15.9. The van der Waals surface area contributed by atoms with Crippen LogP contribution in [0, 0.1) is 18.6 Å². The molecule has 0 saturated carbocycles. The van der Waals surface area contributed by atoms with Gasteiger partial charge in [-0.25, -0.2) is 18.8 Å². The number of guanidine groups is 1. The van der Waals surface area contributed by atoms with Crippen LogP contribution in [0.3, 0.4) is 0 Å². The zero-order valence-corrected chi connectivity index (χ0v) is 15.9. The Morgan fingerprint density at radius 1 is 1.07 bits per heavy atom. The SMILES string of the molecule is CCNC(=NCc1ccc(-n2ccnc2C)c(F)c1)NCc1ccc(F)cc1. The number of nitrogens with one attached hydrogen (secondary N) is 2. The van der Waals surface area contributed by atoms with Crippen molar-refractivity contribution in [3.63, 3.8) is 0 Å². The summed E-state index contributed by atoms with van der Waals surface area (Å²) in [6.45, 7) is 5.34. The smallest absolute Gasteiger partial charge is 0.191 e. The highest BCUT2D eigenvalue weighted by molar-refractivity contribution is 5.79. The highest BCUT2D eigenvalue weighted by Crippen LogP contribution is 2.17. The van der Waals surface area contributed by atoms with E-state index < -0.39 is 0 Å². The van der Waals surface area contributed by atoms with Gasteiger partial charge in [-0.1, -0.05) is 18.2 Å². The van der Waals surface area contributed by atoms with Crippen LogP contribution in [0.1, 0.15) is 23.9 Å². The van der Waals surface area contributed by atoms with Crippen molar-refractivity contribution in [1.82, 2.24) is 20.2 Å². The predicted molar refractivity (Wildman–Crippen MR) is 106 cm³/mol. The van der Waals surface area contributed by atoms with E-state index in [4.69, 9.17) is 0 Å². The standard InChI is InChI=1S/C21H23F2N5/c1-3-24-21(26-13-16-4-7-18(22)8-5-16)27-14-17-6-9-20(19(23)12-17)28-11-10-25-15(28)2/h4-12H,3,13-14H2,1-2H3,(H2,24,26,27). The highest BCUT2D eigenvalue weighted by atomic mass is 19.1. The molecule has 0 spiro atoms. The third-order valence-corrected chi connectivity index (χ3v) is 4.23. The second-order valence-corrected chi connectivity index (χ2v) is 6.31. The van der Waals surface area contributed by atoms with Crippen LogP contribution in [0.15, 0.2) is 59.9 Å². The minimum absolute atomic E-state index is 0.263. The van der Waals surface area contributed by atoms with Crippen molar-refractivity contribution in [1.29, 1.82) is 0 Å². The Kier molecular flexibility index (Phi) is 6.37. The molecule has 146 valence electrons. The van der Waals surface area contributed by atoms with E-state index in [9.17, 15) is 8.78 Å². The van der Waals surface area contributed by atoms with Crippen molar-refractivity contribution >= 4 is 5.96 Å². The van der Waals surface area contributed by atoms with E-state index in [1.54, 1.807) is 35.2 Å². The summed E-state index contributed by atoms with van der Waals surface area (Å²) in [5.41, 5.74) is 2.17. The van der Waals surface area contributed by atoms with Crippen LogP contribution in [0.2, 0.25) is 0 Å². The number of rotatable bonds is 6. The van der Waals surface area contributed by atoms with Crippen molar-refractivity contribution in [2.24, 2.45) is 4.99 Å². The fourth-order valence-corrected chi connectivity index (χ4v) is 2.78. The molecule has 0 bridgehead atoms. The molecule has 7 heteroatoms. The molecule has 1 heterocycles. The van der Waals surface area contributed by atoms with Crippen LogP contribution in [0.4, 0.5) is 8.78 Å². The maximum Gasteiger partial charge on any atom is 0.191 e. The molecule has 0 atom stereocenters. The zero-order chi connectivity index (χ0) is 19.9. The molecule has 2 aromatic carbocycles. The van der Waals surface area contributed by atoms with E-state index in [0.717, 1.165) is 17.0 Å². The van der Waals surface area contributed by atoms with Gasteiger partial charge in [-0.05, 0) is 49.2 Å². The Labute approximate surface area is 163 Å². The summed E-state index contributed by atoms with van der Waals surface area (Å²) in [4.78, 5) is 8.63. The Morgan fingerprint density at radius 3 is 2.46 bits per heavy atom. The van der Waals surface area contributed by atoms with Crippen molar-refractivity contribution < 1.29 is 8.78 Å². The molecule has 0 saturated heterocycles. The van der Waals surface area contributed by atoms with Gasteiger partial charge in [-0.15, -0.1) is 0 Å². The fraction of sp³-hybridized carbons (Fsp3) is 0.238. The Bertz CT molecular complexity index is 948. The minimum Gasteiger partial charge on any atom is -0.357 e. The molecule has 0 radical (unpaired) electrons. The molecule has 3 rings (SSSR count). The van der Waals surface area contributed by atoms with Gasteiger partial charge in [0.25, 0.3) is 0 Å². The van der Waals surface area contributed by atoms with E-state index in [-0.39, 0.29) is 11.6 Å². The van der Waals surface area contributed by atoms with Crippen molar-refractivity contribution in [3.8, 4) is 5.69 Å². The number of hydrogen-bond donors (Lipinski definition) is 2. The first-order valence-corrected chi connectivity index (χ1v) is 9.12. The molecule has 3 aromatic rings. The Morgan fingerprint density at radius 2 is 1.82 bits per heavy atom. The summed E-state index contributed by atoms with van der Waals surface area (Å²) in [5, 5.41) is 6.34. The number of hydrogen-bond acceptors (Lipinski definition) is 2. The van der Waals surface area contributed by atoms with Crippen LogP contribution in [-0.4, -0.2) is 22.1 Å². The summed E-state index contributed by atoms with van der Waals surface area (Å²) in [6, 6.07) is 11.4. The molecule has 0 fully saturated rings. The van der Waals surface area contributed by atoms with E-state index in [2.05, 4.69) is 20.6 Å². The summed E-state index contributed by atoms with van der Waals surface area (Å²) >= 11 is 0. The quantitative estimate of drug-likeness (QED) is 0.504. The average Bonchev–Trinajstić information content (AvgIpc) is 3.11. The van der Waals surface area contributed by atoms with Crippen LogP contribution < -0.4 is 10.6 Å². The minimum atomic E-state index is -0.321. The molecule has 1 aromatic heterocycles. The molecule has 0 aliphatic heterocycles. The molecule has 0 unspecified atom stereocenters.